The van der Waals surface area contributed by atoms with Gasteiger partial charge in [-0.25, -0.2) is 0 Å². The molecule has 0 aliphatic carbocycles. The minimum Gasteiger partial charge on any atom is -0.497 e. The Balaban J connectivity index is 1.65. The van der Waals surface area contributed by atoms with Crippen LogP contribution in [-0.2, 0) is 11.3 Å². The minimum atomic E-state index is -0.515. The molecule has 3 aromatic rings. The van der Waals surface area contributed by atoms with E-state index in [9.17, 15) is 14.9 Å². The molecule has 1 amide bonds. The van der Waals surface area contributed by atoms with Gasteiger partial charge in [-0.1, -0.05) is 23.9 Å². The van der Waals surface area contributed by atoms with E-state index >= 15 is 0 Å². The van der Waals surface area contributed by atoms with Crippen LogP contribution in [0.5, 0.6) is 11.5 Å². The minimum absolute atomic E-state index is 0.0473. The Kier molecular flexibility index (Phi) is 8.03. The summed E-state index contributed by atoms with van der Waals surface area (Å²) in [7, 11) is 1.60. The Morgan fingerprint density at radius 2 is 2.00 bits per heavy atom. The highest BCUT2D eigenvalue weighted by atomic mass is 32.2. The van der Waals surface area contributed by atoms with Gasteiger partial charge in [0.1, 0.15) is 11.5 Å². The van der Waals surface area contributed by atoms with Gasteiger partial charge < -0.3 is 14.8 Å². The van der Waals surface area contributed by atoms with Gasteiger partial charge >= 0.3 is 0 Å². The van der Waals surface area contributed by atoms with Crippen molar-refractivity contribution in [1.29, 1.82) is 0 Å². The smallest absolute Gasteiger partial charge is 0.271 e. The first-order chi connectivity index (χ1) is 15.9. The van der Waals surface area contributed by atoms with Crippen molar-refractivity contribution in [1.82, 2.24) is 14.8 Å². The molecule has 1 atom stereocenters. The normalized spacial score (nSPS) is 11.5. The maximum atomic E-state index is 12.4. The number of amides is 1. The number of non-ortho nitro benzene ring substituents is 1. The number of nitrogens with one attached hydrogen (secondary N) is 1. The predicted octanol–water partition coefficient (Wildman–Crippen LogP) is 4.25. The third-order valence-electron chi connectivity index (χ3n) is 4.47. The number of hydrogen-bond acceptors (Lipinski definition) is 8. The summed E-state index contributed by atoms with van der Waals surface area (Å²) < 4.78 is 13.0. The lowest BCUT2D eigenvalue weighted by atomic mass is 10.3. The number of anilines is 1. The Morgan fingerprint density at radius 1 is 1.27 bits per heavy atom. The van der Waals surface area contributed by atoms with Crippen LogP contribution in [0.25, 0.3) is 0 Å². The van der Waals surface area contributed by atoms with E-state index in [-0.39, 0.29) is 17.3 Å². The average molecular weight is 470 g/mol. The zero-order chi connectivity index (χ0) is 23.8. The summed E-state index contributed by atoms with van der Waals surface area (Å²) in [5, 5.41) is 22.5. The third kappa shape index (κ3) is 6.32. The number of benzene rings is 2. The molecular weight excluding hydrogens is 446 g/mol. The number of allylic oxidation sites excluding steroid dienone is 1. The molecule has 11 heteroatoms. The molecule has 0 saturated carbocycles. The highest BCUT2D eigenvalue weighted by Gasteiger charge is 2.20. The first-order valence-electron chi connectivity index (χ1n) is 9.93. The molecule has 1 heterocycles. The molecular formula is C22H23N5O5S. The van der Waals surface area contributed by atoms with Gasteiger partial charge in [0.05, 0.1) is 17.8 Å². The van der Waals surface area contributed by atoms with Crippen LogP contribution in [0.3, 0.4) is 0 Å². The molecule has 0 spiro atoms. The molecule has 0 aliphatic heterocycles. The fraction of sp³-hybridized carbons (Fsp3) is 0.227. The largest absolute Gasteiger partial charge is 0.497 e. The maximum absolute atomic E-state index is 12.4. The molecule has 0 aliphatic rings. The maximum Gasteiger partial charge on any atom is 0.271 e. The van der Waals surface area contributed by atoms with Crippen LogP contribution in [0.4, 0.5) is 11.4 Å². The van der Waals surface area contributed by atoms with Gasteiger partial charge in [0, 0.05) is 24.4 Å². The number of nitro groups is 1. The Bertz CT molecular complexity index is 1130. The van der Waals surface area contributed by atoms with Gasteiger partial charge in [-0.2, -0.15) is 0 Å². The first-order valence-corrected chi connectivity index (χ1v) is 10.9. The Hall–Kier alpha value is -3.86. The zero-order valence-electron chi connectivity index (χ0n) is 18.1. The van der Waals surface area contributed by atoms with Crippen LogP contribution in [0, 0.1) is 10.1 Å². The molecule has 2 aromatic carbocycles. The molecule has 1 unspecified atom stereocenters. The van der Waals surface area contributed by atoms with E-state index in [0.29, 0.717) is 29.0 Å². The average Bonchev–Trinajstić information content (AvgIpc) is 3.21. The van der Waals surface area contributed by atoms with Gasteiger partial charge in [-0.3, -0.25) is 19.5 Å². The number of carbonyl (C=O) groups is 1. The van der Waals surface area contributed by atoms with Crippen LogP contribution in [0.1, 0.15) is 18.9 Å². The molecule has 33 heavy (non-hydrogen) atoms. The van der Waals surface area contributed by atoms with Gasteiger partial charge in [0.25, 0.3) is 5.69 Å². The van der Waals surface area contributed by atoms with E-state index < -0.39 is 11.0 Å². The number of aromatic nitrogens is 3. The van der Waals surface area contributed by atoms with Crippen LogP contribution in [-0.4, -0.2) is 38.5 Å². The second-order valence-electron chi connectivity index (χ2n) is 6.82. The number of carbonyl (C=O) groups excluding carboxylic acids is 1. The fourth-order valence-electron chi connectivity index (χ4n) is 2.94. The molecule has 1 aromatic heterocycles. The summed E-state index contributed by atoms with van der Waals surface area (Å²) in [6, 6.07) is 13.0. The number of rotatable bonds is 11. The summed E-state index contributed by atoms with van der Waals surface area (Å²) in [6.45, 7) is 6.08. The molecule has 1 N–H and O–H groups in total. The molecule has 0 bridgehead atoms. The van der Waals surface area contributed by atoms with Crippen LogP contribution in [0.2, 0.25) is 0 Å². The zero-order valence-corrected chi connectivity index (χ0v) is 18.9. The molecule has 3 rings (SSSR count). The van der Waals surface area contributed by atoms with Gasteiger partial charge in [-0.05, 0) is 37.3 Å². The van der Waals surface area contributed by atoms with E-state index in [1.807, 2.05) is 11.5 Å². The highest BCUT2D eigenvalue weighted by Crippen LogP contribution is 2.26. The van der Waals surface area contributed by atoms with Crippen molar-refractivity contribution in [2.24, 2.45) is 0 Å². The Labute approximate surface area is 194 Å². The van der Waals surface area contributed by atoms with Crippen LogP contribution in [0.15, 0.2) is 66.3 Å². The number of nitrogens with zero attached hydrogens (tertiary/aromatic N) is 4. The summed E-state index contributed by atoms with van der Waals surface area (Å²) in [5.41, 5.74) is 0.256. The fourth-order valence-corrected chi connectivity index (χ4v) is 3.70. The second-order valence-corrected chi connectivity index (χ2v) is 7.76. The van der Waals surface area contributed by atoms with E-state index in [1.54, 1.807) is 43.5 Å². The standard InChI is InChI=1S/C22H23N5O5S/c1-4-12-26-21(15(2)32-19-10-8-18(31-3)9-11-19)24-25-22(26)33-14-20(28)23-16-6-5-7-17(13-16)27(29)30/h4-11,13,15H,1,12,14H2,2-3H3,(H,23,28). The van der Waals surface area contributed by atoms with Gasteiger partial charge in [0.2, 0.25) is 5.91 Å². The number of hydrogen-bond donors (Lipinski definition) is 1. The highest BCUT2D eigenvalue weighted by molar-refractivity contribution is 7.99. The third-order valence-corrected chi connectivity index (χ3v) is 5.43. The number of thioether (sulfide) groups is 1. The van der Waals surface area contributed by atoms with E-state index in [0.717, 1.165) is 5.75 Å². The molecule has 10 nitrogen and oxygen atoms in total. The number of nitro benzene ring substituents is 1. The lowest BCUT2D eigenvalue weighted by Crippen LogP contribution is -2.15. The Morgan fingerprint density at radius 3 is 2.67 bits per heavy atom. The van der Waals surface area contributed by atoms with Crippen molar-refractivity contribution >= 4 is 29.0 Å². The molecule has 0 fully saturated rings. The monoisotopic (exact) mass is 469 g/mol. The number of ether oxygens (including phenoxy) is 2. The van der Waals surface area contributed by atoms with Crippen LogP contribution >= 0.6 is 11.8 Å². The van der Waals surface area contributed by atoms with Gasteiger partial charge in [0.15, 0.2) is 17.1 Å². The van der Waals surface area contributed by atoms with Crippen molar-refractivity contribution < 1.29 is 19.2 Å². The van der Waals surface area contributed by atoms with E-state index in [4.69, 9.17) is 9.47 Å². The first kappa shape index (κ1) is 23.8. The lowest BCUT2D eigenvalue weighted by molar-refractivity contribution is -0.384. The summed E-state index contributed by atoms with van der Waals surface area (Å²) in [4.78, 5) is 22.7. The summed E-state index contributed by atoms with van der Waals surface area (Å²) in [6.07, 6.45) is 1.30. The second kappa shape index (κ2) is 11.1. The van der Waals surface area contributed by atoms with Crippen molar-refractivity contribution in [2.75, 3.05) is 18.2 Å². The van der Waals surface area contributed by atoms with E-state index in [2.05, 4.69) is 22.1 Å². The quantitative estimate of drug-likeness (QED) is 0.191. The van der Waals surface area contributed by atoms with Crippen molar-refractivity contribution in [3.63, 3.8) is 0 Å². The van der Waals surface area contributed by atoms with Crippen molar-refractivity contribution in [3.05, 3.63) is 77.1 Å². The molecule has 0 radical (unpaired) electrons. The lowest BCUT2D eigenvalue weighted by Gasteiger charge is -2.16. The van der Waals surface area contributed by atoms with Gasteiger partial charge in [-0.15, -0.1) is 16.8 Å². The number of methoxy groups -OCH3 is 1. The molecule has 172 valence electrons. The summed E-state index contributed by atoms with van der Waals surface area (Å²) in [5.74, 6) is 1.70. The van der Waals surface area contributed by atoms with Crippen molar-refractivity contribution in [3.8, 4) is 11.5 Å². The SMILES string of the molecule is C=CCn1c(SCC(=O)Nc2cccc([N+](=O)[O-])c2)nnc1C(C)Oc1ccc(OC)cc1. The summed E-state index contributed by atoms with van der Waals surface area (Å²) >= 11 is 1.20. The van der Waals surface area contributed by atoms with Crippen LogP contribution < -0.4 is 14.8 Å². The molecule has 0 saturated heterocycles. The topological polar surface area (TPSA) is 121 Å². The van der Waals surface area contributed by atoms with Crippen molar-refractivity contribution in [2.45, 2.75) is 24.7 Å². The van der Waals surface area contributed by atoms with E-state index in [1.165, 1.54) is 30.0 Å². The predicted molar refractivity (Wildman–Crippen MR) is 125 cm³/mol.